The molecule has 0 aliphatic carbocycles. The van der Waals surface area contributed by atoms with E-state index < -0.39 is 0 Å². The predicted octanol–water partition coefficient (Wildman–Crippen LogP) is 2.48. The lowest BCUT2D eigenvalue weighted by Crippen LogP contribution is -2.09. The van der Waals surface area contributed by atoms with Gasteiger partial charge in [0.15, 0.2) is 0 Å². The van der Waals surface area contributed by atoms with E-state index in [1.807, 2.05) is 0 Å². The molecule has 0 unspecified atom stereocenters. The molecule has 76 valence electrons. The SMILES string of the molecule is Cc1cc2c(cc1C)[C@H](N)CCCO2. The summed E-state index contributed by atoms with van der Waals surface area (Å²) in [4.78, 5) is 0. The minimum Gasteiger partial charge on any atom is -0.493 e. The first kappa shape index (κ1) is 9.53. The van der Waals surface area contributed by atoms with Gasteiger partial charge in [-0.3, -0.25) is 0 Å². The van der Waals surface area contributed by atoms with Gasteiger partial charge in [-0.05, 0) is 43.9 Å². The fourth-order valence-electron chi connectivity index (χ4n) is 1.87. The van der Waals surface area contributed by atoms with Gasteiger partial charge in [0.25, 0.3) is 0 Å². The maximum Gasteiger partial charge on any atom is 0.124 e. The molecule has 2 N–H and O–H groups in total. The normalized spacial score (nSPS) is 20.9. The summed E-state index contributed by atoms with van der Waals surface area (Å²) < 4.78 is 5.67. The molecule has 0 aromatic heterocycles. The monoisotopic (exact) mass is 191 g/mol. The quantitative estimate of drug-likeness (QED) is 0.683. The van der Waals surface area contributed by atoms with E-state index >= 15 is 0 Å². The number of rotatable bonds is 0. The molecule has 1 atom stereocenters. The fourth-order valence-corrected chi connectivity index (χ4v) is 1.87. The Labute approximate surface area is 85.1 Å². The molecule has 0 saturated heterocycles. The number of benzene rings is 1. The van der Waals surface area contributed by atoms with Gasteiger partial charge < -0.3 is 10.5 Å². The van der Waals surface area contributed by atoms with Gasteiger partial charge in [-0.2, -0.15) is 0 Å². The summed E-state index contributed by atoms with van der Waals surface area (Å²) in [5, 5.41) is 0. The third-order valence-electron chi connectivity index (χ3n) is 2.94. The Kier molecular flexibility index (Phi) is 2.46. The van der Waals surface area contributed by atoms with Crippen LogP contribution in [0.15, 0.2) is 12.1 Å². The Balaban J connectivity index is 2.49. The summed E-state index contributed by atoms with van der Waals surface area (Å²) in [6.07, 6.45) is 2.07. The summed E-state index contributed by atoms with van der Waals surface area (Å²) in [5.74, 6) is 0.984. The summed E-state index contributed by atoms with van der Waals surface area (Å²) in [7, 11) is 0. The lowest BCUT2D eigenvalue weighted by molar-refractivity contribution is 0.316. The van der Waals surface area contributed by atoms with Crippen molar-refractivity contribution < 1.29 is 4.74 Å². The number of hydrogen-bond donors (Lipinski definition) is 1. The van der Waals surface area contributed by atoms with Crippen LogP contribution in [-0.2, 0) is 0 Å². The molecule has 2 rings (SSSR count). The van der Waals surface area contributed by atoms with Crippen LogP contribution >= 0.6 is 0 Å². The summed E-state index contributed by atoms with van der Waals surface area (Å²) >= 11 is 0. The van der Waals surface area contributed by atoms with E-state index in [-0.39, 0.29) is 6.04 Å². The Bertz CT molecular complexity index is 346. The Morgan fingerprint density at radius 3 is 2.79 bits per heavy atom. The van der Waals surface area contributed by atoms with Crippen LogP contribution in [0.2, 0.25) is 0 Å². The highest BCUT2D eigenvalue weighted by molar-refractivity contribution is 5.43. The van der Waals surface area contributed by atoms with Crippen LogP contribution in [0.1, 0.15) is 35.6 Å². The second kappa shape index (κ2) is 3.62. The summed E-state index contributed by atoms with van der Waals surface area (Å²) in [6, 6.07) is 4.42. The highest BCUT2D eigenvalue weighted by atomic mass is 16.5. The maximum atomic E-state index is 6.09. The molecule has 0 fully saturated rings. The topological polar surface area (TPSA) is 35.2 Å². The molecule has 1 aromatic carbocycles. The van der Waals surface area contributed by atoms with Gasteiger partial charge in [-0.15, -0.1) is 0 Å². The molecule has 1 aliphatic heterocycles. The first-order chi connectivity index (χ1) is 6.68. The summed E-state index contributed by atoms with van der Waals surface area (Å²) in [5.41, 5.74) is 9.83. The molecule has 1 aliphatic rings. The van der Waals surface area contributed by atoms with Gasteiger partial charge in [0.1, 0.15) is 5.75 Å². The molecule has 2 nitrogen and oxygen atoms in total. The van der Waals surface area contributed by atoms with E-state index in [0.29, 0.717) is 0 Å². The molecule has 1 aromatic rings. The van der Waals surface area contributed by atoms with E-state index in [1.165, 1.54) is 16.7 Å². The fraction of sp³-hybridized carbons (Fsp3) is 0.500. The lowest BCUT2D eigenvalue weighted by atomic mass is 9.98. The Morgan fingerprint density at radius 2 is 2.00 bits per heavy atom. The zero-order chi connectivity index (χ0) is 10.1. The number of aryl methyl sites for hydroxylation is 2. The van der Waals surface area contributed by atoms with Crippen molar-refractivity contribution in [3.63, 3.8) is 0 Å². The number of ether oxygens (including phenoxy) is 1. The molecule has 0 spiro atoms. The van der Waals surface area contributed by atoms with Crippen molar-refractivity contribution in [3.05, 3.63) is 28.8 Å². The average Bonchev–Trinajstić information content (AvgIpc) is 2.31. The molecule has 2 heteroatoms. The molecule has 0 bridgehead atoms. The second-order valence-electron chi connectivity index (χ2n) is 4.07. The highest BCUT2D eigenvalue weighted by Crippen LogP contribution is 2.32. The van der Waals surface area contributed by atoms with Gasteiger partial charge >= 0.3 is 0 Å². The van der Waals surface area contributed by atoms with Crippen molar-refractivity contribution in [2.24, 2.45) is 5.73 Å². The van der Waals surface area contributed by atoms with Crippen LogP contribution in [0.5, 0.6) is 5.75 Å². The molecular formula is C12H17NO. The average molecular weight is 191 g/mol. The van der Waals surface area contributed by atoms with Crippen LogP contribution in [0.4, 0.5) is 0 Å². The van der Waals surface area contributed by atoms with Gasteiger partial charge in [-0.25, -0.2) is 0 Å². The van der Waals surface area contributed by atoms with Crippen molar-refractivity contribution in [1.29, 1.82) is 0 Å². The van der Waals surface area contributed by atoms with Gasteiger partial charge in [-0.1, -0.05) is 6.07 Å². The highest BCUT2D eigenvalue weighted by Gasteiger charge is 2.16. The molecule has 0 radical (unpaired) electrons. The third kappa shape index (κ3) is 1.62. The van der Waals surface area contributed by atoms with Gasteiger partial charge in [0, 0.05) is 11.6 Å². The third-order valence-corrected chi connectivity index (χ3v) is 2.94. The predicted molar refractivity (Wildman–Crippen MR) is 57.6 cm³/mol. The second-order valence-corrected chi connectivity index (χ2v) is 4.07. The lowest BCUT2D eigenvalue weighted by Gasteiger charge is -2.14. The van der Waals surface area contributed by atoms with Crippen molar-refractivity contribution in [3.8, 4) is 5.75 Å². The number of hydrogen-bond acceptors (Lipinski definition) is 2. The Morgan fingerprint density at radius 1 is 1.29 bits per heavy atom. The van der Waals surface area contributed by atoms with Crippen molar-refractivity contribution in [2.75, 3.05) is 6.61 Å². The maximum absolute atomic E-state index is 6.09. The molecule has 14 heavy (non-hydrogen) atoms. The minimum atomic E-state index is 0.145. The molecule has 0 saturated carbocycles. The minimum absolute atomic E-state index is 0.145. The van der Waals surface area contributed by atoms with Gasteiger partial charge in [0.2, 0.25) is 0 Å². The van der Waals surface area contributed by atoms with Crippen LogP contribution in [-0.4, -0.2) is 6.61 Å². The van der Waals surface area contributed by atoms with Crippen LogP contribution in [0, 0.1) is 13.8 Å². The van der Waals surface area contributed by atoms with Crippen LogP contribution < -0.4 is 10.5 Å². The Hall–Kier alpha value is -1.02. The van der Waals surface area contributed by atoms with E-state index in [9.17, 15) is 0 Å². The van der Waals surface area contributed by atoms with Crippen molar-refractivity contribution >= 4 is 0 Å². The summed E-state index contributed by atoms with van der Waals surface area (Å²) in [6.45, 7) is 5.02. The van der Waals surface area contributed by atoms with E-state index in [0.717, 1.165) is 25.2 Å². The number of fused-ring (bicyclic) bond motifs is 1. The standard InChI is InChI=1S/C12H17NO/c1-8-6-10-11(13)4-3-5-14-12(10)7-9(8)2/h6-7,11H,3-5,13H2,1-2H3/t11-/m1/s1. The zero-order valence-corrected chi connectivity index (χ0v) is 8.84. The molecule has 1 heterocycles. The zero-order valence-electron chi connectivity index (χ0n) is 8.84. The van der Waals surface area contributed by atoms with Crippen molar-refractivity contribution in [1.82, 2.24) is 0 Å². The van der Waals surface area contributed by atoms with Gasteiger partial charge in [0.05, 0.1) is 6.61 Å². The first-order valence-corrected chi connectivity index (χ1v) is 5.18. The van der Waals surface area contributed by atoms with Crippen molar-refractivity contribution in [2.45, 2.75) is 32.7 Å². The van der Waals surface area contributed by atoms with E-state index in [4.69, 9.17) is 10.5 Å². The smallest absolute Gasteiger partial charge is 0.124 e. The largest absolute Gasteiger partial charge is 0.493 e. The molecular weight excluding hydrogens is 174 g/mol. The van der Waals surface area contributed by atoms with E-state index in [2.05, 4.69) is 26.0 Å². The van der Waals surface area contributed by atoms with Crippen LogP contribution in [0.3, 0.4) is 0 Å². The van der Waals surface area contributed by atoms with E-state index in [1.54, 1.807) is 0 Å². The number of nitrogens with two attached hydrogens (primary N) is 1. The molecule has 0 amide bonds. The van der Waals surface area contributed by atoms with Crippen LogP contribution in [0.25, 0.3) is 0 Å². The first-order valence-electron chi connectivity index (χ1n) is 5.18.